The normalized spacial score (nSPS) is 20.7. The first-order valence-corrected chi connectivity index (χ1v) is 15.8. The lowest BCUT2D eigenvalue weighted by Gasteiger charge is -2.52. The number of benzene rings is 1. The predicted molar refractivity (Wildman–Crippen MR) is 163 cm³/mol. The number of likely N-dealkylation sites (tertiary alicyclic amines) is 2. The fraction of sp³-hybridized carbons (Fsp3) is 0.606. The van der Waals surface area contributed by atoms with Crippen LogP contribution in [-0.4, -0.2) is 75.3 Å². The van der Waals surface area contributed by atoms with E-state index in [0.717, 1.165) is 55.9 Å². The molecule has 2 aromatic heterocycles. The lowest BCUT2D eigenvalue weighted by molar-refractivity contribution is -0.141. The zero-order chi connectivity index (χ0) is 31.3. The summed E-state index contributed by atoms with van der Waals surface area (Å²) in [5.74, 6) is 0.0840. The van der Waals surface area contributed by atoms with Gasteiger partial charge in [0.25, 0.3) is 5.91 Å². The topological polar surface area (TPSA) is 86.5 Å². The number of piperidine rings is 2. The number of amides is 1. The van der Waals surface area contributed by atoms with Gasteiger partial charge in [-0.15, -0.1) is 0 Å². The molecule has 238 valence electrons. The van der Waals surface area contributed by atoms with Crippen LogP contribution in [0.5, 0.6) is 0 Å². The molecule has 3 aliphatic rings. The zero-order valence-electron chi connectivity index (χ0n) is 25.8. The van der Waals surface area contributed by atoms with Crippen molar-refractivity contribution in [3.8, 4) is 0 Å². The van der Waals surface area contributed by atoms with Crippen LogP contribution in [-0.2, 0) is 11.8 Å². The fourth-order valence-corrected chi connectivity index (χ4v) is 7.44. The number of carbonyl (C=O) groups excluding carboxylic acids is 1. The summed E-state index contributed by atoms with van der Waals surface area (Å²) in [6.45, 7) is 8.90. The Bertz CT molecular complexity index is 1490. The molecule has 11 heteroatoms. The zero-order valence-corrected chi connectivity index (χ0v) is 25.8. The highest BCUT2D eigenvalue weighted by molar-refractivity contribution is 6.04. The van der Waals surface area contributed by atoms with Crippen molar-refractivity contribution in [1.29, 1.82) is 0 Å². The first kappa shape index (κ1) is 31.0. The highest BCUT2D eigenvalue weighted by Crippen LogP contribution is 2.53. The Morgan fingerprint density at radius 2 is 1.80 bits per heavy atom. The van der Waals surface area contributed by atoms with Crippen LogP contribution in [0.3, 0.4) is 0 Å². The Morgan fingerprint density at radius 3 is 2.45 bits per heavy atom. The van der Waals surface area contributed by atoms with E-state index < -0.39 is 23.4 Å². The number of anilines is 1. The number of aromatic nitrogens is 3. The van der Waals surface area contributed by atoms with Crippen molar-refractivity contribution in [2.75, 3.05) is 45.1 Å². The van der Waals surface area contributed by atoms with Gasteiger partial charge in [-0.1, -0.05) is 6.07 Å². The summed E-state index contributed by atoms with van der Waals surface area (Å²) in [7, 11) is 2.23. The molecule has 44 heavy (non-hydrogen) atoms. The number of nitrogens with one attached hydrogen (secondary N) is 1. The number of halogens is 3. The van der Waals surface area contributed by atoms with Crippen molar-refractivity contribution < 1.29 is 23.1 Å². The minimum atomic E-state index is -4.66. The van der Waals surface area contributed by atoms with Crippen molar-refractivity contribution in [3.63, 3.8) is 0 Å². The molecule has 2 aliphatic heterocycles. The molecule has 1 aliphatic carbocycles. The third kappa shape index (κ3) is 6.65. The summed E-state index contributed by atoms with van der Waals surface area (Å²) >= 11 is 0. The van der Waals surface area contributed by atoms with Gasteiger partial charge in [0.2, 0.25) is 0 Å². The van der Waals surface area contributed by atoms with Crippen LogP contribution < -0.4 is 5.32 Å². The maximum atomic E-state index is 13.2. The number of fused-ring (bicyclic) bond motifs is 1. The monoisotopic (exact) mass is 612 g/mol. The highest BCUT2D eigenvalue weighted by atomic mass is 19.4. The molecule has 3 aromatic rings. The summed E-state index contributed by atoms with van der Waals surface area (Å²) in [6, 6.07) is 6.93. The molecule has 1 spiro atoms. The lowest BCUT2D eigenvalue weighted by atomic mass is 9.57. The van der Waals surface area contributed by atoms with Gasteiger partial charge < -0.3 is 20.2 Å². The molecule has 0 atom stereocenters. The molecule has 0 radical (unpaired) electrons. The second-order valence-electron chi connectivity index (χ2n) is 13.9. The van der Waals surface area contributed by atoms with Crippen LogP contribution in [0.1, 0.15) is 86.6 Å². The Hall–Kier alpha value is -3.02. The number of nitrogens with zero attached hydrogens (tertiary/aromatic N) is 5. The SMILES string of the molecule is CN1CCC2(CC1)CC(CCN1CCC(n3cc4cc(NC(=O)c5cccc(C(F)(F)F)n5)c(C(C)(C)O)cc4n3)CC1)C2. The van der Waals surface area contributed by atoms with E-state index >= 15 is 0 Å². The number of aliphatic hydroxyl groups is 1. The van der Waals surface area contributed by atoms with Gasteiger partial charge >= 0.3 is 6.18 Å². The van der Waals surface area contributed by atoms with Gasteiger partial charge in [0.05, 0.1) is 17.2 Å². The highest BCUT2D eigenvalue weighted by Gasteiger charge is 2.45. The molecule has 1 aromatic carbocycles. The standard InChI is InChI=1S/C33H43F3N6O2/c1-31(2,44)25-18-27-23(17-28(25)38-30(43)26-5-4-6-29(37-26)33(34,35)36)21-42(39-27)24-8-13-41(14-9-24)12-7-22-19-32(20-22)10-15-40(3)16-11-32/h4-6,17-18,21-22,24,44H,7-16,19-20H2,1-3H3,(H,38,43). The van der Waals surface area contributed by atoms with E-state index in [1.807, 2.05) is 10.9 Å². The van der Waals surface area contributed by atoms with Crippen LogP contribution >= 0.6 is 0 Å². The maximum Gasteiger partial charge on any atom is 0.433 e. The van der Waals surface area contributed by atoms with E-state index in [2.05, 4.69) is 27.1 Å². The Morgan fingerprint density at radius 1 is 1.09 bits per heavy atom. The first-order chi connectivity index (χ1) is 20.8. The summed E-state index contributed by atoms with van der Waals surface area (Å²) in [4.78, 5) is 21.5. The van der Waals surface area contributed by atoms with Crippen LogP contribution in [0.15, 0.2) is 36.5 Å². The molecular formula is C33H43F3N6O2. The average molecular weight is 613 g/mol. The number of alkyl halides is 3. The fourth-order valence-electron chi connectivity index (χ4n) is 7.44. The van der Waals surface area contributed by atoms with Gasteiger partial charge in [0.15, 0.2) is 0 Å². The number of rotatable bonds is 7. The molecule has 8 nitrogen and oxygen atoms in total. The third-order valence-corrected chi connectivity index (χ3v) is 10.1. The molecule has 2 saturated heterocycles. The molecule has 1 amide bonds. The lowest BCUT2D eigenvalue weighted by Crippen LogP contribution is -2.46. The van der Waals surface area contributed by atoms with Gasteiger partial charge in [-0.25, -0.2) is 4.98 Å². The summed E-state index contributed by atoms with van der Waals surface area (Å²) in [5, 5.41) is 19.2. The largest absolute Gasteiger partial charge is 0.433 e. The Labute approximate surface area is 256 Å². The van der Waals surface area contributed by atoms with Crippen molar-refractivity contribution in [2.24, 2.45) is 11.3 Å². The van der Waals surface area contributed by atoms with E-state index in [4.69, 9.17) is 5.10 Å². The van der Waals surface area contributed by atoms with Gasteiger partial charge in [-0.3, -0.25) is 9.48 Å². The molecular weight excluding hydrogens is 569 g/mol. The van der Waals surface area contributed by atoms with E-state index in [0.29, 0.717) is 22.2 Å². The quantitative estimate of drug-likeness (QED) is 0.337. The van der Waals surface area contributed by atoms with Crippen LogP contribution in [0.25, 0.3) is 10.9 Å². The van der Waals surface area contributed by atoms with E-state index in [9.17, 15) is 23.1 Å². The van der Waals surface area contributed by atoms with Crippen molar-refractivity contribution in [1.82, 2.24) is 24.6 Å². The molecule has 4 heterocycles. The van der Waals surface area contributed by atoms with Crippen LogP contribution in [0.2, 0.25) is 0 Å². The summed E-state index contributed by atoms with van der Waals surface area (Å²) in [5.41, 5.74) is -0.782. The van der Waals surface area contributed by atoms with E-state index in [1.165, 1.54) is 51.3 Å². The van der Waals surface area contributed by atoms with Crippen LogP contribution in [0.4, 0.5) is 18.9 Å². The number of carbonyl (C=O) groups is 1. The Kier molecular flexibility index (Phi) is 8.26. The number of hydrogen-bond acceptors (Lipinski definition) is 6. The molecule has 0 unspecified atom stereocenters. The number of pyridine rings is 1. The summed E-state index contributed by atoms with van der Waals surface area (Å²) < 4.78 is 41.4. The minimum Gasteiger partial charge on any atom is -0.386 e. The van der Waals surface area contributed by atoms with E-state index in [1.54, 1.807) is 26.0 Å². The molecule has 0 bridgehead atoms. The minimum absolute atomic E-state index is 0.253. The predicted octanol–water partition coefficient (Wildman–Crippen LogP) is 6.08. The van der Waals surface area contributed by atoms with E-state index in [-0.39, 0.29) is 11.7 Å². The second kappa shape index (κ2) is 11.7. The number of hydrogen-bond donors (Lipinski definition) is 2. The molecule has 3 fully saturated rings. The van der Waals surface area contributed by atoms with Crippen molar-refractivity contribution in [2.45, 2.75) is 76.6 Å². The van der Waals surface area contributed by atoms with Gasteiger partial charge in [-0.05, 0) is 121 Å². The van der Waals surface area contributed by atoms with Gasteiger partial charge in [0.1, 0.15) is 11.4 Å². The summed E-state index contributed by atoms with van der Waals surface area (Å²) in [6.07, 6.45) is 6.12. The first-order valence-electron chi connectivity index (χ1n) is 15.8. The third-order valence-electron chi connectivity index (χ3n) is 10.1. The molecule has 6 rings (SSSR count). The van der Waals surface area contributed by atoms with Crippen molar-refractivity contribution >= 4 is 22.5 Å². The van der Waals surface area contributed by atoms with Crippen molar-refractivity contribution in [3.05, 3.63) is 53.5 Å². The van der Waals surface area contributed by atoms with Crippen LogP contribution in [0, 0.1) is 11.3 Å². The smallest absolute Gasteiger partial charge is 0.386 e. The molecule has 2 N–H and O–H groups in total. The maximum absolute atomic E-state index is 13.2. The second-order valence-corrected chi connectivity index (χ2v) is 13.9. The average Bonchev–Trinajstić information content (AvgIpc) is 3.38. The van der Waals surface area contributed by atoms with Gasteiger partial charge in [0, 0.05) is 35.9 Å². The van der Waals surface area contributed by atoms with Gasteiger partial charge in [-0.2, -0.15) is 18.3 Å². The Balaban J connectivity index is 1.09. The molecule has 1 saturated carbocycles.